The van der Waals surface area contributed by atoms with Crippen molar-refractivity contribution in [3.8, 4) is 0 Å². The Morgan fingerprint density at radius 2 is 2.00 bits per heavy atom. The minimum atomic E-state index is 0.0796. The van der Waals surface area contributed by atoms with Crippen molar-refractivity contribution >= 4 is 5.91 Å². The van der Waals surface area contributed by atoms with Crippen molar-refractivity contribution in [3.05, 3.63) is 0 Å². The average Bonchev–Trinajstić information content (AvgIpc) is 2.64. The number of hydrogen-bond acceptors (Lipinski definition) is 2. The molecule has 1 N–H and O–H groups in total. The van der Waals surface area contributed by atoms with Gasteiger partial charge in [-0.15, -0.1) is 0 Å². The normalized spacial score (nSPS) is 20.6. The van der Waals surface area contributed by atoms with Crippen LogP contribution in [0.15, 0.2) is 0 Å². The number of hydrogen-bond donors (Lipinski definition) is 1. The summed E-state index contributed by atoms with van der Waals surface area (Å²) in [6.45, 7) is 6.45. The third-order valence-corrected chi connectivity index (χ3v) is 3.61. The van der Waals surface area contributed by atoms with Crippen LogP contribution in [0.2, 0.25) is 0 Å². The first kappa shape index (κ1) is 14.5. The lowest BCUT2D eigenvalue weighted by atomic mass is 10.0. The van der Waals surface area contributed by atoms with Crippen LogP contribution in [0.1, 0.15) is 52.4 Å². The molecule has 0 aromatic rings. The molecule has 0 saturated carbocycles. The second-order valence-electron chi connectivity index (χ2n) is 5.55. The predicted molar refractivity (Wildman–Crippen MR) is 72.0 cm³/mol. The summed E-state index contributed by atoms with van der Waals surface area (Å²) in [6, 6.07) is 0.0796. The van der Waals surface area contributed by atoms with Crippen LogP contribution in [0, 0.1) is 5.92 Å². The van der Waals surface area contributed by atoms with Crippen molar-refractivity contribution in [1.82, 2.24) is 10.2 Å². The van der Waals surface area contributed by atoms with Crippen LogP contribution in [0.25, 0.3) is 0 Å². The van der Waals surface area contributed by atoms with E-state index in [4.69, 9.17) is 0 Å². The van der Waals surface area contributed by atoms with Crippen molar-refractivity contribution in [1.29, 1.82) is 0 Å². The number of likely N-dealkylation sites (tertiary alicyclic amines) is 1. The Morgan fingerprint density at radius 1 is 1.29 bits per heavy atom. The largest absolute Gasteiger partial charge is 0.341 e. The first-order chi connectivity index (χ1) is 8.15. The van der Waals surface area contributed by atoms with Gasteiger partial charge in [-0.05, 0) is 25.8 Å². The van der Waals surface area contributed by atoms with Crippen LogP contribution in [-0.2, 0) is 4.79 Å². The first-order valence-electron chi connectivity index (χ1n) is 7.11. The van der Waals surface area contributed by atoms with Gasteiger partial charge in [0.15, 0.2) is 0 Å². The lowest BCUT2D eigenvalue weighted by Gasteiger charge is -2.16. The molecule has 1 aliphatic heterocycles. The topological polar surface area (TPSA) is 32.3 Å². The first-order valence-corrected chi connectivity index (χ1v) is 7.11. The zero-order valence-corrected chi connectivity index (χ0v) is 11.7. The van der Waals surface area contributed by atoms with Gasteiger partial charge in [-0.1, -0.05) is 39.5 Å². The number of unbranched alkanes of at least 4 members (excludes halogenated alkanes) is 3. The van der Waals surface area contributed by atoms with E-state index in [-0.39, 0.29) is 6.04 Å². The van der Waals surface area contributed by atoms with Gasteiger partial charge in [-0.2, -0.15) is 0 Å². The Hall–Kier alpha value is -0.570. The molecule has 0 radical (unpaired) electrons. The summed E-state index contributed by atoms with van der Waals surface area (Å²) in [7, 11) is 1.87. The van der Waals surface area contributed by atoms with Crippen LogP contribution in [0.5, 0.6) is 0 Å². The maximum atomic E-state index is 11.8. The summed E-state index contributed by atoms with van der Waals surface area (Å²) in [5.74, 6) is 1.13. The summed E-state index contributed by atoms with van der Waals surface area (Å²) < 4.78 is 0. The summed E-state index contributed by atoms with van der Waals surface area (Å²) in [5, 5.41) is 3.08. The minimum absolute atomic E-state index is 0.0796. The van der Waals surface area contributed by atoms with Gasteiger partial charge in [0.2, 0.25) is 5.91 Å². The van der Waals surface area contributed by atoms with Gasteiger partial charge in [0, 0.05) is 13.1 Å². The lowest BCUT2D eigenvalue weighted by molar-refractivity contribution is -0.129. The van der Waals surface area contributed by atoms with Gasteiger partial charge in [0.05, 0.1) is 6.04 Å². The Bertz CT molecular complexity index is 228. The van der Waals surface area contributed by atoms with Crippen molar-refractivity contribution < 1.29 is 4.79 Å². The summed E-state index contributed by atoms with van der Waals surface area (Å²) in [5.41, 5.74) is 0. The maximum absolute atomic E-state index is 11.8. The third-order valence-electron chi connectivity index (χ3n) is 3.61. The molecule has 1 saturated heterocycles. The van der Waals surface area contributed by atoms with E-state index in [1.807, 2.05) is 11.9 Å². The van der Waals surface area contributed by atoms with Crippen LogP contribution in [0.4, 0.5) is 0 Å². The second-order valence-corrected chi connectivity index (χ2v) is 5.55. The van der Waals surface area contributed by atoms with Gasteiger partial charge in [0.1, 0.15) is 0 Å². The van der Waals surface area contributed by atoms with Crippen molar-refractivity contribution in [2.24, 2.45) is 5.92 Å². The molecule has 1 heterocycles. The van der Waals surface area contributed by atoms with E-state index in [0.29, 0.717) is 5.91 Å². The van der Waals surface area contributed by atoms with Gasteiger partial charge in [-0.3, -0.25) is 4.79 Å². The molecule has 1 fully saturated rings. The SMILES string of the molecule is CNC1CCN(CCCCCCC(C)C)C1=O. The number of carbonyl (C=O) groups is 1. The molecule has 17 heavy (non-hydrogen) atoms. The Morgan fingerprint density at radius 3 is 2.59 bits per heavy atom. The molecular formula is C14H28N2O. The van der Waals surface area contributed by atoms with Gasteiger partial charge in [0.25, 0.3) is 0 Å². The molecule has 0 aromatic heterocycles. The standard InChI is InChI=1S/C14H28N2O/c1-12(2)8-6-4-5-7-10-16-11-9-13(15-3)14(16)17/h12-13,15H,4-11H2,1-3H3. The van der Waals surface area contributed by atoms with E-state index in [1.165, 1.54) is 32.1 Å². The Balaban J connectivity index is 2.02. The molecule has 3 heteroatoms. The highest BCUT2D eigenvalue weighted by Gasteiger charge is 2.29. The number of rotatable bonds is 8. The molecule has 1 aliphatic rings. The average molecular weight is 240 g/mol. The highest BCUT2D eigenvalue weighted by molar-refractivity contribution is 5.83. The monoisotopic (exact) mass is 240 g/mol. The van der Waals surface area contributed by atoms with Crippen molar-refractivity contribution in [3.63, 3.8) is 0 Å². The van der Waals surface area contributed by atoms with E-state index in [9.17, 15) is 4.79 Å². The number of likely N-dealkylation sites (N-methyl/N-ethyl adjacent to an activating group) is 1. The van der Waals surface area contributed by atoms with E-state index in [0.717, 1.165) is 25.4 Å². The number of carbonyl (C=O) groups excluding carboxylic acids is 1. The zero-order valence-electron chi connectivity index (χ0n) is 11.7. The van der Waals surface area contributed by atoms with E-state index < -0.39 is 0 Å². The van der Waals surface area contributed by atoms with Crippen LogP contribution in [-0.4, -0.2) is 37.0 Å². The number of nitrogens with one attached hydrogen (secondary N) is 1. The number of amides is 1. The highest BCUT2D eigenvalue weighted by Crippen LogP contribution is 2.13. The van der Waals surface area contributed by atoms with Crippen molar-refractivity contribution in [2.75, 3.05) is 20.1 Å². The summed E-state index contributed by atoms with van der Waals surface area (Å²) in [4.78, 5) is 13.8. The van der Waals surface area contributed by atoms with Crippen molar-refractivity contribution in [2.45, 2.75) is 58.4 Å². The molecule has 3 nitrogen and oxygen atoms in total. The highest BCUT2D eigenvalue weighted by atomic mass is 16.2. The van der Waals surface area contributed by atoms with Gasteiger partial charge >= 0.3 is 0 Å². The molecule has 1 amide bonds. The minimum Gasteiger partial charge on any atom is -0.341 e. The van der Waals surface area contributed by atoms with Gasteiger partial charge < -0.3 is 10.2 Å². The fourth-order valence-electron chi connectivity index (χ4n) is 2.44. The Kier molecular flexibility index (Phi) is 6.56. The van der Waals surface area contributed by atoms with E-state index in [2.05, 4.69) is 19.2 Å². The quantitative estimate of drug-likeness (QED) is 0.661. The predicted octanol–water partition coefficient (Wildman–Crippen LogP) is 2.41. The summed E-state index contributed by atoms with van der Waals surface area (Å²) in [6.07, 6.45) is 7.40. The fraction of sp³-hybridized carbons (Fsp3) is 0.929. The fourth-order valence-corrected chi connectivity index (χ4v) is 2.44. The maximum Gasteiger partial charge on any atom is 0.239 e. The molecule has 0 spiro atoms. The Labute approximate surface area is 106 Å². The molecule has 0 bridgehead atoms. The second kappa shape index (κ2) is 7.70. The molecule has 1 unspecified atom stereocenters. The molecule has 0 aromatic carbocycles. The molecule has 100 valence electrons. The summed E-state index contributed by atoms with van der Waals surface area (Å²) >= 11 is 0. The van der Waals surface area contributed by atoms with Crippen LogP contribution in [0.3, 0.4) is 0 Å². The van der Waals surface area contributed by atoms with Crippen LogP contribution >= 0.6 is 0 Å². The smallest absolute Gasteiger partial charge is 0.239 e. The number of nitrogens with zero attached hydrogens (tertiary/aromatic N) is 1. The van der Waals surface area contributed by atoms with E-state index >= 15 is 0 Å². The molecule has 1 rings (SSSR count). The van der Waals surface area contributed by atoms with Crippen LogP contribution < -0.4 is 5.32 Å². The lowest BCUT2D eigenvalue weighted by Crippen LogP contribution is -2.36. The molecule has 0 aliphatic carbocycles. The molecule has 1 atom stereocenters. The third kappa shape index (κ3) is 5.07. The molecular weight excluding hydrogens is 212 g/mol. The zero-order chi connectivity index (χ0) is 12.7. The van der Waals surface area contributed by atoms with Gasteiger partial charge in [-0.25, -0.2) is 0 Å². The van der Waals surface area contributed by atoms with E-state index in [1.54, 1.807) is 0 Å².